The molecule has 8 nitrogen and oxygen atoms in total. The van der Waals surface area contributed by atoms with Gasteiger partial charge in [0.25, 0.3) is 0 Å². The fraction of sp³-hybridized carbons (Fsp3) is 0.520. The molecule has 0 spiro atoms. The molecule has 0 aromatic heterocycles. The summed E-state index contributed by atoms with van der Waals surface area (Å²) in [4.78, 5) is 26.6. The molecule has 1 atom stereocenters. The zero-order valence-electron chi connectivity index (χ0n) is 20.0. The van der Waals surface area contributed by atoms with E-state index in [0.29, 0.717) is 12.2 Å². The Bertz CT molecular complexity index is 835. The highest BCUT2D eigenvalue weighted by atomic mass is 16.5. The number of anilines is 1. The molecule has 2 rings (SSSR count). The SMILES string of the molecule is CCOC(=O)Nc1ccccc1CC1(C(=O)O)C=CNC(CNCCCCN(CC)CC)=C1. The second-order valence-electron chi connectivity index (χ2n) is 8.08. The van der Waals surface area contributed by atoms with Crippen molar-refractivity contribution in [3.63, 3.8) is 0 Å². The van der Waals surface area contributed by atoms with Crippen LogP contribution in [0.4, 0.5) is 10.5 Å². The second kappa shape index (κ2) is 13.6. The van der Waals surface area contributed by atoms with E-state index in [4.69, 9.17) is 4.74 Å². The number of nitrogens with one attached hydrogen (secondary N) is 3. The van der Waals surface area contributed by atoms with Crippen molar-refractivity contribution in [2.24, 2.45) is 5.41 Å². The van der Waals surface area contributed by atoms with E-state index in [0.717, 1.165) is 50.3 Å². The minimum atomic E-state index is -1.21. The first-order valence-electron chi connectivity index (χ1n) is 11.8. The molecule has 8 heteroatoms. The van der Waals surface area contributed by atoms with Crippen LogP contribution in [-0.4, -0.2) is 61.4 Å². The molecule has 0 saturated carbocycles. The Hall–Kier alpha value is -2.84. The summed E-state index contributed by atoms with van der Waals surface area (Å²) in [5, 5.41) is 19.4. The number of benzene rings is 1. The first-order chi connectivity index (χ1) is 15.9. The lowest BCUT2D eigenvalue weighted by molar-refractivity contribution is -0.143. The lowest BCUT2D eigenvalue weighted by Gasteiger charge is -2.28. The number of amides is 1. The molecule has 0 fully saturated rings. The van der Waals surface area contributed by atoms with E-state index in [-0.39, 0.29) is 13.0 Å². The van der Waals surface area contributed by atoms with Gasteiger partial charge in [0.1, 0.15) is 5.41 Å². The molecule has 33 heavy (non-hydrogen) atoms. The third kappa shape index (κ3) is 8.22. The number of para-hydroxylation sites is 1. The van der Waals surface area contributed by atoms with Crippen molar-refractivity contribution in [3.05, 3.63) is 53.9 Å². The molecule has 0 bridgehead atoms. The van der Waals surface area contributed by atoms with Crippen molar-refractivity contribution < 1.29 is 19.4 Å². The Labute approximate surface area is 197 Å². The van der Waals surface area contributed by atoms with Crippen LogP contribution < -0.4 is 16.0 Å². The van der Waals surface area contributed by atoms with Gasteiger partial charge in [0.2, 0.25) is 0 Å². The van der Waals surface area contributed by atoms with Crippen molar-refractivity contribution in [2.75, 3.05) is 44.6 Å². The van der Waals surface area contributed by atoms with Gasteiger partial charge in [0.05, 0.1) is 6.61 Å². The number of dihydropyridines is 1. The maximum atomic E-state index is 12.3. The minimum absolute atomic E-state index is 0.205. The molecule has 1 aromatic carbocycles. The zero-order valence-corrected chi connectivity index (χ0v) is 20.0. The van der Waals surface area contributed by atoms with Crippen molar-refractivity contribution in [3.8, 4) is 0 Å². The Morgan fingerprint density at radius 2 is 1.91 bits per heavy atom. The van der Waals surface area contributed by atoms with E-state index in [9.17, 15) is 14.7 Å². The maximum Gasteiger partial charge on any atom is 0.411 e. The lowest BCUT2D eigenvalue weighted by atomic mass is 9.79. The van der Waals surface area contributed by atoms with E-state index in [1.54, 1.807) is 37.4 Å². The van der Waals surface area contributed by atoms with Crippen molar-refractivity contribution >= 4 is 17.7 Å². The molecule has 0 aliphatic carbocycles. The standard InChI is InChI=1S/C25H38N4O4/c1-4-29(5-2)16-10-9-14-26-19-21-18-25(23(30)31,13-15-27-21)17-20-11-7-8-12-22(20)28-24(32)33-6-3/h7-8,11-13,15,18,26-27H,4-6,9-10,14,16-17,19H2,1-3H3,(H,28,32)(H,30,31). The van der Waals surface area contributed by atoms with E-state index in [2.05, 4.69) is 34.7 Å². The number of unbranched alkanes of at least 4 members (excludes halogenated alkanes) is 1. The summed E-state index contributed by atoms with van der Waals surface area (Å²) in [7, 11) is 0. The molecular formula is C25H38N4O4. The smallest absolute Gasteiger partial charge is 0.411 e. The first-order valence-corrected chi connectivity index (χ1v) is 11.8. The van der Waals surface area contributed by atoms with Gasteiger partial charge in [0, 0.05) is 17.9 Å². The fourth-order valence-electron chi connectivity index (χ4n) is 3.86. The molecule has 1 aromatic rings. The third-order valence-electron chi connectivity index (χ3n) is 5.78. The van der Waals surface area contributed by atoms with Crippen LogP contribution in [-0.2, 0) is 16.0 Å². The van der Waals surface area contributed by atoms with E-state index in [1.165, 1.54) is 0 Å². The van der Waals surface area contributed by atoms with Crippen LogP contribution in [0.1, 0.15) is 39.2 Å². The highest BCUT2D eigenvalue weighted by Gasteiger charge is 2.36. The molecular weight excluding hydrogens is 420 g/mol. The van der Waals surface area contributed by atoms with Crippen molar-refractivity contribution in [1.82, 2.24) is 15.5 Å². The van der Waals surface area contributed by atoms with Gasteiger partial charge in [-0.15, -0.1) is 0 Å². The summed E-state index contributed by atoms with van der Waals surface area (Å²) in [5.74, 6) is -0.942. The number of aliphatic carboxylic acids is 1. The number of carbonyl (C=O) groups is 2. The zero-order chi connectivity index (χ0) is 24.1. The molecule has 1 heterocycles. The Kier molecular flexibility index (Phi) is 10.9. The lowest BCUT2D eigenvalue weighted by Crippen LogP contribution is -2.36. The molecule has 1 aliphatic heterocycles. The highest BCUT2D eigenvalue weighted by molar-refractivity contribution is 5.86. The van der Waals surface area contributed by atoms with Crippen LogP contribution in [0, 0.1) is 5.41 Å². The van der Waals surface area contributed by atoms with Crippen LogP contribution in [0.3, 0.4) is 0 Å². The molecule has 1 amide bonds. The quantitative estimate of drug-likeness (QED) is 0.316. The van der Waals surface area contributed by atoms with Gasteiger partial charge in [-0.1, -0.05) is 32.0 Å². The summed E-state index contributed by atoms with van der Waals surface area (Å²) in [6, 6.07) is 7.19. The maximum absolute atomic E-state index is 12.3. The summed E-state index contributed by atoms with van der Waals surface area (Å²) in [5.41, 5.74) is 0.876. The van der Waals surface area contributed by atoms with Crippen LogP contribution in [0.15, 0.2) is 48.3 Å². The van der Waals surface area contributed by atoms with Crippen LogP contribution in [0.5, 0.6) is 0 Å². The average Bonchev–Trinajstić information content (AvgIpc) is 2.80. The van der Waals surface area contributed by atoms with Crippen LogP contribution in [0.25, 0.3) is 0 Å². The fourth-order valence-corrected chi connectivity index (χ4v) is 3.86. The molecule has 182 valence electrons. The second-order valence-corrected chi connectivity index (χ2v) is 8.08. The summed E-state index contributed by atoms with van der Waals surface area (Å²) < 4.78 is 4.97. The number of hydrogen-bond acceptors (Lipinski definition) is 6. The van der Waals surface area contributed by atoms with E-state index in [1.807, 2.05) is 12.1 Å². The van der Waals surface area contributed by atoms with E-state index >= 15 is 0 Å². The van der Waals surface area contributed by atoms with Crippen LogP contribution in [0.2, 0.25) is 0 Å². The number of hydrogen-bond donors (Lipinski definition) is 4. The van der Waals surface area contributed by atoms with Gasteiger partial charge in [-0.05, 0) is 82.3 Å². The molecule has 1 aliphatic rings. The van der Waals surface area contributed by atoms with Gasteiger partial charge >= 0.3 is 12.1 Å². The topological polar surface area (TPSA) is 103 Å². The number of rotatable bonds is 14. The predicted molar refractivity (Wildman–Crippen MR) is 131 cm³/mol. The highest BCUT2D eigenvalue weighted by Crippen LogP contribution is 2.33. The Morgan fingerprint density at radius 3 is 2.61 bits per heavy atom. The van der Waals surface area contributed by atoms with Crippen LogP contribution >= 0.6 is 0 Å². The number of carbonyl (C=O) groups excluding carboxylic acids is 1. The first kappa shape index (κ1) is 26.4. The summed E-state index contributed by atoms with van der Waals surface area (Å²) in [6.07, 6.45) is 6.95. The molecule has 4 N–H and O–H groups in total. The number of carboxylic acids is 1. The molecule has 1 unspecified atom stereocenters. The van der Waals surface area contributed by atoms with E-state index < -0.39 is 17.5 Å². The number of ether oxygens (including phenoxy) is 1. The Balaban J connectivity index is 2.01. The third-order valence-corrected chi connectivity index (χ3v) is 5.78. The Morgan fingerprint density at radius 1 is 1.15 bits per heavy atom. The van der Waals surface area contributed by atoms with Gasteiger partial charge in [-0.2, -0.15) is 0 Å². The largest absolute Gasteiger partial charge is 0.480 e. The summed E-state index contributed by atoms with van der Waals surface area (Å²) in [6.45, 7) is 11.0. The normalized spacial score (nSPS) is 17.4. The average molecular weight is 459 g/mol. The van der Waals surface area contributed by atoms with Gasteiger partial charge < -0.3 is 25.4 Å². The number of carboxylic acid groups (broad SMARTS) is 1. The molecule has 0 radical (unpaired) electrons. The minimum Gasteiger partial charge on any atom is -0.480 e. The monoisotopic (exact) mass is 458 g/mol. The molecule has 0 saturated heterocycles. The van der Waals surface area contributed by atoms with Crippen molar-refractivity contribution in [2.45, 2.75) is 40.0 Å². The number of nitrogens with zero attached hydrogens (tertiary/aromatic N) is 1. The van der Waals surface area contributed by atoms with Gasteiger partial charge in [-0.3, -0.25) is 10.1 Å². The van der Waals surface area contributed by atoms with Crippen molar-refractivity contribution in [1.29, 1.82) is 0 Å². The van der Waals surface area contributed by atoms with Gasteiger partial charge in [0.15, 0.2) is 0 Å². The predicted octanol–water partition coefficient (Wildman–Crippen LogP) is 3.58. The summed E-state index contributed by atoms with van der Waals surface area (Å²) >= 11 is 0. The van der Waals surface area contributed by atoms with Gasteiger partial charge in [-0.25, -0.2) is 4.79 Å².